The van der Waals surface area contributed by atoms with Crippen molar-refractivity contribution < 1.29 is 0 Å². The molecule has 4 heteroatoms. The Morgan fingerprint density at radius 3 is 2.38 bits per heavy atom. The van der Waals surface area contributed by atoms with Gasteiger partial charge in [0.05, 0.1) is 5.69 Å². The predicted octanol–water partition coefficient (Wildman–Crippen LogP) is 6.34. The van der Waals surface area contributed by atoms with E-state index in [1.807, 2.05) is 48.5 Å². The topological polar surface area (TPSA) is 42.0 Å². The van der Waals surface area contributed by atoms with Gasteiger partial charge in [-0.2, -0.15) is 0 Å². The highest BCUT2D eigenvalue weighted by atomic mass is 15.2. The molecule has 4 aromatic rings. The molecule has 4 nitrogen and oxygen atoms in total. The van der Waals surface area contributed by atoms with E-state index in [-0.39, 0.29) is 0 Å². The van der Waals surface area contributed by atoms with Crippen molar-refractivity contribution in [3.63, 3.8) is 0 Å². The fraction of sp³-hybridized carbons (Fsp3) is 0.136. The lowest BCUT2D eigenvalue weighted by molar-refractivity contribution is 1.05. The molecule has 0 unspecified atom stereocenters. The predicted molar refractivity (Wildman–Crippen MR) is 105 cm³/mol. The van der Waals surface area contributed by atoms with Crippen molar-refractivity contribution in [2.24, 2.45) is 10.2 Å². The second-order valence-electron chi connectivity index (χ2n) is 6.50. The number of imidazole rings is 1. The Kier molecular flexibility index (Phi) is 4.09. The van der Waals surface area contributed by atoms with Crippen LogP contribution in [0.4, 0.5) is 11.5 Å². The fourth-order valence-electron chi connectivity index (χ4n) is 3.14. The first kappa shape index (κ1) is 16.2. The molecule has 0 fully saturated rings. The van der Waals surface area contributed by atoms with E-state index in [9.17, 15) is 0 Å². The standard InChI is InChI=1S/C22H20N4/c1-15-12-13-19(16(2)14-15)24-25-22-21(18-9-5-4-6-10-18)23-20-11-7-8-17(3)26(20)22/h4-14H,1-3H3. The van der Waals surface area contributed by atoms with Gasteiger partial charge in [0.1, 0.15) is 11.3 Å². The van der Waals surface area contributed by atoms with Crippen molar-refractivity contribution >= 4 is 17.2 Å². The van der Waals surface area contributed by atoms with Crippen LogP contribution >= 0.6 is 0 Å². The van der Waals surface area contributed by atoms with Gasteiger partial charge in [0, 0.05) is 11.3 Å². The Labute approximate surface area is 152 Å². The quantitative estimate of drug-likeness (QED) is 0.401. The molecule has 2 heterocycles. The fourth-order valence-corrected chi connectivity index (χ4v) is 3.14. The second kappa shape index (κ2) is 6.56. The minimum Gasteiger partial charge on any atom is -0.280 e. The van der Waals surface area contributed by atoms with Gasteiger partial charge in [-0.05, 0) is 44.5 Å². The number of aromatic nitrogens is 2. The van der Waals surface area contributed by atoms with Crippen molar-refractivity contribution in [2.75, 3.05) is 0 Å². The van der Waals surface area contributed by atoms with Gasteiger partial charge in [0.25, 0.3) is 0 Å². The SMILES string of the molecule is Cc1ccc(N=Nc2c(-c3ccccc3)nc3cccc(C)n23)c(C)c1. The Morgan fingerprint density at radius 1 is 0.808 bits per heavy atom. The number of benzene rings is 2. The maximum Gasteiger partial charge on any atom is 0.187 e. The smallest absolute Gasteiger partial charge is 0.187 e. The van der Waals surface area contributed by atoms with Crippen LogP contribution in [-0.2, 0) is 0 Å². The maximum absolute atomic E-state index is 4.80. The molecule has 0 N–H and O–H groups in total. The minimum atomic E-state index is 0.754. The van der Waals surface area contributed by atoms with Crippen LogP contribution in [0.1, 0.15) is 16.8 Å². The summed E-state index contributed by atoms with van der Waals surface area (Å²) in [5.41, 5.74) is 7.03. The third-order valence-corrected chi connectivity index (χ3v) is 4.47. The van der Waals surface area contributed by atoms with E-state index < -0.39 is 0 Å². The van der Waals surface area contributed by atoms with Crippen molar-refractivity contribution in [3.8, 4) is 11.3 Å². The van der Waals surface area contributed by atoms with Crippen LogP contribution in [0.3, 0.4) is 0 Å². The molecule has 0 aliphatic carbocycles. The van der Waals surface area contributed by atoms with E-state index >= 15 is 0 Å². The third kappa shape index (κ3) is 2.90. The van der Waals surface area contributed by atoms with E-state index in [4.69, 9.17) is 4.98 Å². The van der Waals surface area contributed by atoms with Crippen LogP contribution in [0, 0.1) is 20.8 Å². The third-order valence-electron chi connectivity index (χ3n) is 4.47. The van der Waals surface area contributed by atoms with Gasteiger partial charge in [0.15, 0.2) is 5.82 Å². The zero-order valence-corrected chi connectivity index (χ0v) is 15.1. The summed E-state index contributed by atoms with van der Waals surface area (Å²) >= 11 is 0. The molecule has 0 saturated heterocycles. The van der Waals surface area contributed by atoms with Crippen LogP contribution in [0.5, 0.6) is 0 Å². The van der Waals surface area contributed by atoms with Gasteiger partial charge >= 0.3 is 0 Å². The highest BCUT2D eigenvalue weighted by Gasteiger charge is 2.15. The zero-order valence-electron chi connectivity index (χ0n) is 15.1. The lowest BCUT2D eigenvalue weighted by atomic mass is 10.1. The van der Waals surface area contributed by atoms with E-state index in [1.54, 1.807) is 0 Å². The molecule has 0 aliphatic heterocycles. The Morgan fingerprint density at radius 2 is 1.62 bits per heavy atom. The van der Waals surface area contributed by atoms with Gasteiger partial charge in [-0.25, -0.2) is 4.98 Å². The molecule has 0 amide bonds. The summed E-state index contributed by atoms with van der Waals surface area (Å²) < 4.78 is 2.05. The van der Waals surface area contributed by atoms with Crippen LogP contribution in [0.2, 0.25) is 0 Å². The lowest BCUT2D eigenvalue weighted by Crippen LogP contribution is -1.89. The minimum absolute atomic E-state index is 0.754. The molecular formula is C22H20N4. The van der Waals surface area contributed by atoms with Gasteiger partial charge in [-0.15, -0.1) is 10.2 Å². The van der Waals surface area contributed by atoms with E-state index in [1.165, 1.54) is 5.56 Å². The molecule has 0 atom stereocenters. The van der Waals surface area contributed by atoms with Crippen LogP contribution < -0.4 is 0 Å². The lowest BCUT2D eigenvalue weighted by Gasteiger charge is -2.03. The van der Waals surface area contributed by atoms with E-state index in [2.05, 4.69) is 53.6 Å². The molecule has 4 rings (SSSR count). The summed E-state index contributed by atoms with van der Waals surface area (Å²) in [6.45, 7) is 6.19. The maximum atomic E-state index is 4.80. The summed E-state index contributed by atoms with van der Waals surface area (Å²) in [5.74, 6) is 0.754. The van der Waals surface area contributed by atoms with Gasteiger partial charge in [-0.1, -0.05) is 54.1 Å². The number of rotatable bonds is 3. The number of azo groups is 1. The van der Waals surface area contributed by atoms with E-state index in [0.717, 1.165) is 39.7 Å². The summed E-state index contributed by atoms with van der Waals surface area (Å²) in [4.78, 5) is 4.80. The van der Waals surface area contributed by atoms with Crippen molar-refractivity contribution in [2.45, 2.75) is 20.8 Å². The van der Waals surface area contributed by atoms with Crippen LogP contribution in [0.15, 0.2) is 77.0 Å². The van der Waals surface area contributed by atoms with Gasteiger partial charge in [0.2, 0.25) is 0 Å². The molecule has 2 aromatic heterocycles. The Balaban J connectivity index is 1.91. The van der Waals surface area contributed by atoms with Gasteiger partial charge < -0.3 is 0 Å². The average molecular weight is 340 g/mol. The molecular weight excluding hydrogens is 320 g/mol. The molecule has 0 spiro atoms. The monoisotopic (exact) mass is 340 g/mol. The molecule has 26 heavy (non-hydrogen) atoms. The molecule has 0 radical (unpaired) electrons. The molecule has 0 bridgehead atoms. The van der Waals surface area contributed by atoms with Crippen molar-refractivity contribution in [3.05, 3.63) is 83.6 Å². The normalized spacial score (nSPS) is 11.5. The largest absolute Gasteiger partial charge is 0.280 e. The van der Waals surface area contributed by atoms with Crippen LogP contribution in [-0.4, -0.2) is 9.38 Å². The number of hydrogen-bond acceptors (Lipinski definition) is 3. The second-order valence-corrected chi connectivity index (χ2v) is 6.50. The highest BCUT2D eigenvalue weighted by molar-refractivity contribution is 5.74. The first-order valence-corrected chi connectivity index (χ1v) is 8.66. The first-order valence-electron chi connectivity index (χ1n) is 8.66. The number of nitrogens with zero attached hydrogens (tertiary/aromatic N) is 4. The molecule has 128 valence electrons. The summed E-state index contributed by atoms with van der Waals surface area (Å²) in [6.07, 6.45) is 0. The Bertz CT molecular complexity index is 1110. The summed E-state index contributed by atoms with van der Waals surface area (Å²) in [6, 6.07) is 22.4. The zero-order chi connectivity index (χ0) is 18.1. The molecule has 0 saturated carbocycles. The molecule has 0 aliphatic rings. The van der Waals surface area contributed by atoms with Gasteiger partial charge in [-0.3, -0.25) is 4.40 Å². The highest BCUT2D eigenvalue weighted by Crippen LogP contribution is 2.33. The van der Waals surface area contributed by atoms with Crippen molar-refractivity contribution in [1.29, 1.82) is 0 Å². The number of pyridine rings is 1. The first-order chi connectivity index (χ1) is 12.6. The summed E-state index contributed by atoms with van der Waals surface area (Å²) in [5, 5.41) is 9.15. The number of aryl methyl sites for hydroxylation is 3. The van der Waals surface area contributed by atoms with Crippen molar-refractivity contribution in [1.82, 2.24) is 9.38 Å². The average Bonchev–Trinajstić information content (AvgIpc) is 3.02. The Hall–Kier alpha value is -3.27. The van der Waals surface area contributed by atoms with Crippen LogP contribution in [0.25, 0.3) is 16.9 Å². The number of fused-ring (bicyclic) bond motifs is 1. The number of hydrogen-bond donors (Lipinski definition) is 0. The van der Waals surface area contributed by atoms with E-state index in [0.29, 0.717) is 0 Å². The summed E-state index contributed by atoms with van der Waals surface area (Å²) in [7, 11) is 0. The molecule has 2 aromatic carbocycles.